The number of amides is 1. The first-order valence-electron chi connectivity index (χ1n) is 8.02. The number of hydrogen-bond acceptors (Lipinski definition) is 7. The SMILES string of the molecule is Cc1ccc([N+](=O)[O-])cc1NC(=O)CSc1nnc(Cc2cccs2)n1C. The van der Waals surface area contributed by atoms with Gasteiger partial charge in [-0.15, -0.1) is 21.5 Å². The van der Waals surface area contributed by atoms with Crippen LogP contribution in [-0.2, 0) is 18.3 Å². The third-order valence-electron chi connectivity index (χ3n) is 3.88. The van der Waals surface area contributed by atoms with Gasteiger partial charge in [-0.25, -0.2) is 0 Å². The molecular weight excluding hydrogens is 386 g/mol. The van der Waals surface area contributed by atoms with E-state index in [9.17, 15) is 14.9 Å². The van der Waals surface area contributed by atoms with Crippen molar-refractivity contribution in [3.63, 3.8) is 0 Å². The molecule has 0 aliphatic rings. The molecule has 27 heavy (non-hydrogen) atoms. The van der Waals surface area contributed by atoms with Crippen molar-refractivity contribution in [2.24, 2.45) is 7.05 Å². The van der Waals surface area contributed by atoms with Gasteiger partial charge in [0.05, 0.1) is 16.4 Å². The van der Waals surface area contributed by atoms with E-state index < -0.39 is 4.92 Å². The quantitative estimate of drug-likeness (QED) is 0.368. The van der Waals surface area contributed by atoms with Gasteiger partial charge < -0.3 is 9.88 Å². The van der Waals surface area contributed by atoms with Crippen molar-refractivity contribution in [3.05, 3.63) is 62.1 Å². The normalized spacial score (nSPS) is 10.7. The molecule has 0 saturated heterocycles. The van der Waals surface area contributed by atoms with Gasteiger partial charge >= 0.3 is 0 Å². The molecule has 2 heterocycles. The van der Waals surface area contributed by atoms with Crippen molar-refractivity contribution in [2.75, 3.05) is 11.1 Å². The summed E-state index contributed by atoms with van der Waals surface area (Å²) in [5.41, 5.74) is 1.14. The third-order valence-corrected chi connectivity index (χ3v) is 5.77. The predicted octanol–water partition coefficient (Wildman–Crippen LogP) is 3.41. The zero-order chi connectivity index (χ0) is 19.4. The Bertz CT molecular complexity index is 969. The molecular formula is C17H17N5O3S2. The topological polar surface area (TPSA) is 103 Å². The Balaban J connectivity index is 1.61. The smallest absolute Gasteiger partial charge is 0.271 e. The van der Waals surface area contributed by atoms with E-state index in [-0.39, 0.29) is 17.3 Å². The second-order valence-electron chi connectivity index (χ2n) is 5.81. The summed E-state index contributed by atoms with van der Waals surface area (Å²) >= 11 is 2.93. The summed E-state index contributed by atoms with van der Waals surface area (Å²) in [6.07, 6.45) is 0.695. The number of nitro groups is 1. The molecule has 0 radical (unpaired) electrons. The van der Waals surface area contributed by atoms with E-state index in [0.29, 0.717) is 17.3 Å². The number of non-ortho nitro benzene ring substituents is 1. The fraction of sp³-hybridized carbons (Fsp3) is 0.235. The molecule has 0 bridgehead atoms. The number of nitrogens with zero attached hydrogens (tertiary/aromatic N) is 4. The number of rotatable bonds is 7. The Hall–Kier alpha value is -2.72. The number of aromatic nitrogens is 3. The van der Waals surface area contributed by atoms with E-state index in [1.807, 2.05) is 29.1 Å². The first-order valence-corrected chi connectivity index (χ1v) is 9.89. The summed E-state index contributed by atoms with van der Waals surface area (Å²) in [6.45, 7) is 1.78. The maximum atomic E-state index is 12.2. The zero-order valence-electron chi connectivity index (χ0n) is 14.7. The van der Waals surface area contributed by atoms with Gasteiger partial charge in [0.1, 0.15) is 5.82 Å². The summed E-state index contributed by atoms with van der Waals surface area (Å²) in [4.78, 5) is 23.8. The fourth-order valence-corrected chi connectivity index (χ4v) is 3.80. The molecule has 0 aliphatic heterocycles. The van der Waals surface area contributed by atoms with Crippen molar-refractivity contribution < 1.29 is 9.72 Å². The molecule has 1 aromatic carbocycles. The van der Waals surface area contributed by atoms with Crippen LogP contribution in [0.5, 0.6) is 0 Å². The van der Waals surface area contributed by atoms with E-state index in [2.05, 4.69) is 15.5 Å². The second-order valence-corrected chi connectivity index (χ2v) is 7.78. The second kappa shape index (κ2) is 8.31. The molecule has 0 fully saturated rings. The van der Waals surface area contributed by atoms with Crippen LogP contribution in [-0.4, -0.2) is 31.3 Å². The Labute approximate surface area is 163 Å². The molecule has 2 aromatic heterocycles. The summed E-state index contributed by atoms with van der Waals surface area (Å²) < 4.78 is 1.87. The Kier molecular flexibility index (Phi) is 5.87. The first-order chi connectivity index (χ1) is 12.9. The number of thioether (sulfide) groups is 1. The van der Waals surface area contributed by atoms with E-state index in [1.165, 1.54) is 28.8 Å². The molecule has 0 unspecified atom stereocenters. The van der Waals surface area contributed by atoms with Crippen LogP contribution in [0.15, 0.2) is 40.9 Å². The number of aryl methyl sites for hydroxylation is 1. The number of anilines is 1. The van der Waals surface area contributed by atoms with Crippen LogP contribution in [0.25, 0.3) is 0 Å². The molecule has 1 amide bonds. The number of benzene rings is 1. The lowest BCUT2D eigenvalue weighted by atomic mass is 10.2. The van der Waals surface area contributed by atoms with Gasteiger partial charge in [-0.3, -0.25) is 14.9 Å². The largest absolute Gasteiger partial charge is 0.325 e. The number of hydrogen-bond donors (Lipinski definition) is 1. The van der Waals surface area contributed by atoms with Crippen LogP contribution in [0.4, 0.5) is 11.4 Å². The molecule has 0 atom stereocenters. The lowest BCUT2D eigenvalue weighted by Crippen LogP contribution is -2.15. The van der Waals surface area contributed by atoms with Crippen LogP contribution in [0.2, 0.25) is 0 Å². The van der Waals surface area contributed by atoms with E-state index >= 15 is 0 Å². The Morgan fingerprint density at radius 1 is 1.37 bits per heavy atom. The highest BCUT2D eigenvalue weighted by molar-refractivity contribution is 7.99. The lowest BCUT2D eigenvalue weighted by Gasteiger charge is -2.08. The van der Waals surface area contributed by atoms with Crippen LogP contribution in [0.3, 0.4) is 0 Å². The number of carbonyl (C=O) groups excluding carboxylic acids is 1. The van der Waals surface area contributed by atoms with Crippen LogP contribution >= 0.6 is 23.1 Å². The molecule has 0 spiro atoms. The lowest BCUT2D eigenvalue weighted by molar-refractivity contribution is -0.384. The van der Waals surface area contributed by atoms with Gasteiger partial charge in [0.2, 0.25) is 5.91 Å². The van der Waals surface area contributed by atoms with Crippen LogP contribution in [0, 0.1) is 17.0 Å². The van der Waals surface area contributed by atoms with Gasteiger partial charge in [0, 0.05) is 30.5 Å². The Morgan fingerprint density at radius 3 is 2.89 bits per heavy atom. The summed E-state index contributed by atoms with van der Waals surface area (Å²) in [5, 5.41) is 24.6. The van der Waals surface area contributed by atoms with Gasteiger partial charge in [0.25, 0.3) is 5.69 Å². The highest BCUT2D eigenvalue weighted by Crippen LogP contribution is 2.23. The van der Waals surface area contributed by atoms with Crippen molar-refractivity contribution in [1.82, 2.24) is 14.8 Å². The average Bonchev–Trinajstić information content (AvgIpc) is 3.26. The van der Waals surface area contributed by atoms with Crippen LogP contribution in [0.1, 0.15) is 16.3 Å². The molecule has 10 heteroatoms. The molecule has 0 aliphatic carbocycles. The van der Waals surface area contributed by atoms with E-state index in [1.54, 1.807) is 24.3 Å². The maximum Gasteiger partial charge on any atom is 0.271 e. The maximum absolute atomic E-state index is 12.2. The standard InChI is InChI=1S/C17H17N5O3S2/c1-11-5-6-12(22(24)25)8-14(11)18-16(23)10-27-17-20-19-15(21(17)2)9-13-4-3-7-26-13/h3-8H,9-10H2,1-2H3,(H,18,23). The highest BCUT2D eigenvalue weighted by Gasteiger charge is 2.14. The minimum absolute atomic E-state index is 0.0601. The molecule has 8 nitrogen and oxygen atoms in total. The van der Waals surface area contributed by atoms with Gasteiger partial charge in [0.15, 0.2) is 5.16 Å². The molecule has 3 aromatic rings. The fourth-order valence-electron chi connectivity index (χ4n) is 2.37. The third kappa shape index (κ3) is 4.72. The first kappa shape index (κ1) is 19.1. The predicted molar refractivity (Wildman–Crippen MR) is 105 cm³/mol. The average molecular weight is 403 g/mol. The summed E-state index contributed by atoms with van der Waals surface area (Å²) in [5.74, 6) is 0.703. The van der Waals surface area contributed by atoms with Gasteiger partial charge in [-0.1, -0.05) is 23.9 Å². The van der Waals surface area contributed by atoms with Crippen molar-refractivity contribution in [2.45, 2.75) is 18.5 Å². The number of carbonyl (C=O) groups is 1. The molecule has 3 rings (SSSR count). The highest BCUT2D eigenvalue weighted by atomic mass is 32.2. The number of nitrogens with one attached hydrogen (secondary N) is 1. The number of nitro benzene ring substituents is 1. The van der Waals surface area contributed by atoms with Crippen molar-refractivity contribution in [1.29, 1.82) is 0 Å². The molecule has 0 saturated carbocycles. The zero-order valence-corrected chi connectivity index (χ0v) is 16.3. The van der Waals surface area contributed by atoms with E-state index in [4.69, 9.17) is 0 Å². The van der Waals surface area contributed by atoms with Crippen molar-refractivity contribution in [3.8, 4) is 0 Å². The summed E-state index contributed by atoms with van der Waals surface area (Å²) in [6, 6.07) is 8.42. The molecule has 140 valence electrons. The van der Waals surface area contributed by atoms with Crippen molar-refractivity contribution >= 4 is 40.4 Å². The van der Waals surface area contributed by atoms with Gasteiger partial charge in [-0.2, -0.15) is 0 Å². The minimum atomic E-state index is -0.488. The summed E-state index contributed by atoms with van der Waals surface area (Å²) in [7, 11) is 1.87. The van der Waals surface area contributed by atoms with Gasteiger partial charge in [-0.05, 0) is 23.9 Å². The number of thiophene rings is 1. The Morgan fingerprint density at radius 2 is 2.19 bits per heavy atom. The monoisotopic (exact) mass is 403 g/mol. The molecule has 1 N–H and O–H groups in total. The van der Waals surface area contributed by atoms with Crippen LogP contribution < -0.4 is 5.32 Å². The minimum Gasteiger partial charge on any atom is -0.325 e. The van der Waals surface area contributed by atoms with E-state index in [0.717, 1.165) is 11.4 Å².